The summed E-state index contributed by atoms with van der Waals surface area (Å²) in [5, 5.41) is 17.3. The first kappa shape index (κ1) is 45.7. The summed E-state index contributed by atoms with van der Waals surface area (Å²) in [6, 6.07) is 6.73. The SMILES string of the molecule is CCNC(=O)O[C@H](C[C@H](C(C)C)N(C)C(=O)[C@@H](CC(=O)C12CCCC(CCC1)N2C)[C@@H](C)CC)c1nc(C(=O)N[C@@H](Cc2ccc(N)cc2)C[C@H](C)C(=O)O)cs1. The highest BCUT2D eigenvalue weighted by molar-refractivity contribution is 7.09. The number of Topliss-reactive ketones (excluding diaryl/α,β-unsaturated/α-hetero) is 1. The molecule has 2 bridgehead atoms. The Balaban J connectivity index is 1.56. The van der Waals surface area contributed by atoms with Crippen LogP contribution in [0.3, 0.4) is 0 Å². The lowest BCUT2D eigenvalue weighted by Crippen LogP contribution is -2.62. The number of nitrogens with two attached hydrogens (primary N) is 1. The highest BCUT2D eigenvalue weighted by Gasteiger charge is 2.50. The third-order valence-corrected chi connectivity index (χ3v) is 13.5. The first-order chi connectivity index (χ1) is 27.0. The number of nitrogens with one attached hydrogen (secondary N) is 2. The summed E-state index contributed by atoms with van der Waals surface area (Å²) in [5.74, 6) is -2.65. The van der Waals surface area contributed by atoms with E-state index < -0.39 is 53.5 Å². The largest absolute Gasteiger partial charge is 0.481 e. The number of carbonyl (C=O) groups is 5. The van der Waals surface area contributed by atoms with Crippen molar-refractivity contribution in [2.45, 2.75) is 142 Å². The molecule has 3 heterocycles. The van der Waals surface area contributed by atoms with E-state index in [1.165, 1.54) is 11.3 Å². The number of amides is 3. The predicted octanol–water partition coefficient (Wildman–Crippen LogP) is 6.87. The molecule has 1 aromatic heterocycles. The molecule has 2 fully saturated rings. The number of carboxylic acids is 1. The molecule has 0 radical (unpaired) electrons. The Morgan fingerprint density at radius 2 is 1.70 bits per heavy atom. The molecule has 6 atom stereocenters. The van der Waals surface area contributed by atoms with E-state index >= 15 is 0 Å². The molecule has 1 aromatic carbocycles. The molecule has 14 heteroatoms. The number of nitrogen functional groups attached to an aromatic ring is 1. The monoisotopic (exact) mass is 810 g/mol. The molecule has 2 saturated heterocycles. The van der Waals surface area contributed by atoms with E-state index in [2.05, 4.69) is 34.5 Å². The maximum atomic E-state index is 14.6. The first-order valence-electron chi connectivity index (χ1n) is 20.8. The van der Waals surface area contributed by atoms with E-state index in [1.807, 2.05) is 32.9 Å². The van der Waals surface area contributed by atoms with Crippen molar-refractivity contribution in [3.63, 3.8) is 0 Å². The Morgan fingerprint density at radius 3 is 2.28 bits per heavy atom. The molecule has 0 aliphatic carbocycles. The van der Waals surface area contributed by atoms with Gasteiger partial charge in [0.2, 0.25) is 5.91 Å². The summed E-state index contributed by atoms with van der Waals surface area (Å²) < 4.78 is 5.95. The number of hydrogen-bond donors (Lipinski definition) is 4. The fourth-order valence-electron chi connectivity index (χ4n) is 8.80. The fraction of sp³-hybridized carbons (Fsp3) is 0.674. The molecular weight excluding hydrogens is 745 g/mol. The summed E-state index contributed by atoms with van der Waals surface area (Å²) in [7, 11) is 3.86. The number of rotatable bonds is 20. The molecule has 0 unspecified atom stereocenters. The molecule has 0 spiro atoms. The van der Waals surface area contributed by atoms with Gasteiger partial charge in [-0.15, -0.1) is 11.3 Å². The number of carboxylic acid groups (broad SMARTS) is 1. The smallest absolute Gasteiger partial charge is 0.407 e. The lowest BCUT2D eigenvalue weighted by molar-refractivity contribution is -0.148. The molecule has 2 aliphatic heterocycles. The van der Waals surface area contributed by atoms with E-state index in [-0.39, 0.29) is 48.5 Å². The molecule has 2 aromatic rings. The molecule has 5 N–H and O–H groups in total. The average molecular weight is 811 g/mol. The average Bonchev–Trinajstić information content (AvgIpc) is 3.66. The van der Waals surface area contributed by atoms with Gasteiger partial charge in [-0.2, -0.15) is 0 Å². The summed E-state index contributed by atoms with van der Waals surface area (Å²) >= 11 is 1.18. The Morgan fingerprint density at radius 1 is 1.05 bits per heavy atom. The van der Waals surface area contributed by atoms with Gasteiger partial charge in [-0.05, 0) is 94.9 Å². The summed E-state index contributed by atoms with van der Waals surface area (Å²) in [4.78, 5) is 75.9. The van der Waals surface area contributed by atoms with Gasteiger partial charge in [0.05, 0.1) is 11.5 Å². The molecule has 4 rings (SSSR count). The number of benzene rings is 1. The molecule has 0 saturated carbocycles. The molecule has 2 aliphatic rings. The number of aliphatic carboxylic acids is 1. The number of anilines is 1. The number of piperidine rings is 2. The number of ketones is 1. The third-order valence-electron chi connectivity index (χ3n) is 12.6. The van der Waals surface area contributed by atoms with Crippen LogP contribution in [-0.2, 0) is 25.5 Å². The van der Waals surface area contributed by atoms with E-state index in [9.17, 15) is 29.1 Å². The number of thiazole rings is 1. The van der Waals surface area contributed by atoms with Crippen LogP contribution in [0.5, 0.6) is 0 Å². The Kier molecular flexibility index (Phi) is 16.5. The summed E-state index contributed by atoms with van der Waals surface area (Å²) in [6.45, 7) is 11.9. The minimum absolute atomic E-state index is 0.0221. The fourth-order valence-corrected chi connectivity index (χ4v) is 9.63. The molecule has 13 nitrogen and oxygen atoms in total. The molecule has 3 amide bonds. The number of ether oxygens (including phenoxy) is 1. The second kappa shape index (κ2) is 20.6. The first-order valence-corrected chi connectivity index (χ1v) is 21.7. The predicted molar refractivity (Wildman–Crippen MR) is 223 cm³/mol. The van der Waals surface area contributed by atoms with Crippen LogP contribution in [-0.4, -0.2) is 93.9 Å². The van der Waals surface area contributed by atoms with Gasteiger partial charge in [0.15, 0.2) is 11.9 Å². The maximum absolute atomic E-state index is 14.6. The Hall–Kier alpha value is -4.04. The second-order valence-corrected chi connectivity index (χ2v) is 17.7. The van der Waals surface area contributed by atoms with Crippen LogP contribution in [0.25, 0.3) is 0 Å². The number of carbonyl (C=O) groups excluding carboxylic acids is 4. The maximum Gasteiger partial charge on any atom is 0.407 e. The van der Waals surface area contributed by atoms with Crippen molar-refractivity contribution >= 4 is 46.7 Å². The van der Waals surface area contributed by atoms with Crippen molar-refractivity contribution in [3.05, 3.63) is 45.9 Å². The second-order valence-electron chi connectivity index (χ2n) is 16.8. The zero-order valence-electron chi connectivity index (χ0n) is 35.2. The van der Waals surface area contributed by atoms with Crippen molar-refractivity contribution in [1.82, 2.24) is 25.4 Å². The zero-order valence-corrected chi connectivity index (χ0v) is 36.0. The van der Waals surface area contributed by atoms with E-state index in [4.69, 9.17) is 10.5 Å². The highest BCUT2D eigenvalue weighted by atomic mass is 32.1. The van der Waals surface area contributed by atoms with Crippen molar-refractivity contribution in [3.8, 4) is 0 Å². The Bertz CT molecular complexity index is 1670. The van der Waals surface area contributed by atoms with E-state index in [1.54, 1.807) is 43.3 Å². The van der Waals surface area contributed by atoms with Crippen LogP contribution in [0.4, 0.5) is 10.5 Å². The standard InChI is InChI=1S/C43H66N6O7S/c1-9-27(5)33(23-37(50)43-19-11-13-32(49(43)8)14-12-20-43)40(52)48(7)35(26(3)4)24-36(56-42(55)45-10-2)39-47-34(25-57-39)38(51)46-31(21-28(6)41(53)54)22-29-15-17-30(44)18-16-29/h15-18,25-28,31-33,35-36H,9-14,19-24,44H2,1-8H3,(H,45,55)(H,46,51)(H,53,54)/t27-,28-,31+,32?,33-,35+,36+,43?/m0/s1. The normalized spacial score (nSPS) is 21.4. The van der Waals surface area contributed by atoms with Gasteiger partial charge in [0.1, 0.15) is 10.7 Å². The number of hydrogen-bond acceptors (Lipinski definition) is 10. The van der Waals surface area contributed by atoms with Gasteiger partial charge in [-0.3, -0.25) is 24.1 Å². The van der Waals surface area contributed by atoms with Gasteiger partial charge < -0.3 is 31.1 Å². The quantitative estimate of drug-likeness (QED) is 0.103. The number of fused-ring (bicyclic) bond motifs is 2. The minimum atomic E-state index is -0.961. The number of alkyl carbamates (subject to hydrolysis) is 1. The van der Waals surface area contributed by atoms with Crippen LogP contribution in [0.1, 0.15) is 133 Å². The number of aromatic nitrogens is 1. The van der Waals surface area contributed by atoms with Crippen LogP contribution in [0.15, 0.2) is 29.6 Å². The van der Waals surface area contributed by atoms with Crippen LogP contribution in [0.2, 0.25) is 0 Å². The molecular formula is C43H66N6O7S. The van der Waals surface area contributed by atoms with E-state index in [0.717, 1.165) is 50.5 Å². The van der Waals surface area contributed by atoms with Gasteiger partial charge in [-0.1, -0.05) is 53.2 Å². The van der Waals surface area contributed by atoms with Crippen molar-refractivity contribution in [2.75, 3.05) is 26.4 Å². The van der Waals surface area contributed by atoms with Crippen molar-refractivity contribution in [1.29, 1.82) is 0 Å². The molecule has 316 valence electrons. The third kappa shape index (κ3) is 11.6. The van der Waals surface area contributed by atoms with Crippen molar-refractivity contribution in [2.24, 2.45) is 23.7 Å². The van der Waals surface area contributed by atoms with Crippen LogP contribution < -0.4 is 16.4 Å². The van der Waals surface area contributed by atoms with E-state index in [0.29, 0.717) is 29.7 Å². The minimum Gasteiger partial charge on any atom is -0.481 e. The zero-order chi connectivity index (χ0) is 42.0. The van der Waals surface area contributed by atoms with Crippen molar-refractivity contribution < 1.29 is 33.8 Å². The van der Waals surface area contributed by atoms with Crippen LogP contribution in [0, 0.1) is 23.7 Å². The van der Waals surface area contributed by atoms with Gasteiger partial charge in [-0.25, -0.2) is 9.78 Å². The summed E-state index contributed by atoms with van der Waals surface area (Å²) in [6.07, 6.45) is 6.16. The highest BCUT2D eigenvalue weighted by Crippen LogP contribution is 2.43. The lowest BCUT2D eigenvalue weighted by Gasteiger charge is -2.52. The number of nitrogens with zero attached hydrogens (tertiary/aromatic N) is 3. The molecule has 57 heavy (non-hydrogen) atoms. The summed E-state index contributed by atoms with van der Waals surface area (Å²) in [5.41, 5.74) is 6.96. The lowest BCUT2D eigenvalue weighted by atomic mass is 9.69. The van der Waals surface area contributed by atoms with Gasteiger partial charge in [0, 0.05) is 61.5 Å². The topological polar surface area (TPSA) is 184 Å². The van der Waals surface area contributed by atoms with Gasteiger partial charge in [0.25, 0.3) is 5.91 Å². The van der Waals surface area contributed by atoms with Gasteiger partial charge >= 0.3 is 12.1 Å². The Labute approximate surface area is 342 Å². The van der Waals surface area contributed by atoms with Crippen LogP contribution >= 0.6 is 11.3 Å². The number of likely N-dealkylation sites (N-methyl/N-ethyl adjacent to an activating group) is 1.